The first-order chi connectivity index (χ1) is 25.0. The zero-order valence-corrected chi connectivity index (χ0v) is 42.8. The fraction of sp³-hybridized carbons (Fsp3) is 0.739. The van der Waals surface area contributed by atoms with Gasteiger partial charge < -0.3 is 31.9 Å². The number of thioether (sulfide) groups is 2. The molecule has 56 heavy (non-hydrogen) atoms. The maximum absolute atomic E-state index is 13.1. The van der Waals surface area contributed by atoms with Gasteiger partial charge in [0.1, 0.15) is 12.2 Å². The van der Waals surface area contributed by atoms with Gasteiger partial charge in [-0.25, -0.2) is 0 Å². The predicted molar refractivity (Wildman–Crippen MR) is 239 cm³/mol. The molecule has 2 aliphatic carbocycles. The summed E-state index contributed by atoms with van der Waals surface area (Å²) in [4.78, 5) is 37.9. The first-order valence-corrected chi connectivity index (χ1v) is 22.6. The average molecular weight is 857 g/mol. The van der Waals surface area contributed by atoms with Crippen LogP contribution >= 0.6 is 23.5 Å². The SMILES string of the molecule is CC.CC.CC.CC1C(C)(C)CC(OC(=O)C(C)(C)C(=O)OC2CC(C)(C)C(C)C(C)(C)C2)CC1(C)C.CSc1n[c-]nc(SC)n1.Cc1ccccc1.[CH3-].[V+2]. The molecule has 0 N–H and O–H groups in total. The van der Waals surface area contributed by atoms with Gasteiger partial charge in [0, 0.05) is 6.33 Å². The molecule has 7 nitrogen and oxygen atoms in total. The summed E-state index contributed by atoms with van der Waals surface area (Å²) in [7, 11) is 0. The van der Waals surface area contributed by atoms with Crippen molar-refractivity contribution in [1.29, 1.82) is 0 Å². The van der Waals surface area contributed by atoms with Crippen LogP contribution in [-0.4, -0.2) is 51.6 Å². The minimum Gasteiger partial charge on any atom is -0.461 e. The van der Waals surface area contributed by atoms with E-state index in [-0.39, 0.29) is 59.9 Å². The summed E-state index contributed by atoms with van der Waals surface area (Å²) < 4.78 is 11.9. The van der Waals surface area contributed by atoms with Gasteiger partial charge in [-0.2, -0.15) is 23.5 Å². The molecule has 10 heteroatoms. The first-order valence-electron chi connectivity index (χ1n) is 20.1. The Labute approximate surface area is 366 Å². The van der Waals surface area contributed by atoms with E-state index in [4.69, 9.17) is 9.47 Å². The summed E-state index contributed by atoms with van der Waals surface area (Å²) in [6.07, 6.45) is 9.30. The monoisotopic (exact) mass is 857 g/mol. The van der Waals surface area contributed by atoms with Crippen LogP contribution in [0.1, 0.15) is 156 Å². The van der Waals surface area contributed by atoms with Crippen molar-refractivity contribution >= 4 is 35.5 Å². The Kier molecular flexibility index (Phi) is 30.6. The minimum atomic E-state index is -1.31. The molecule has 323 valence electrons. The van der Waals surface area contributed by atoms with Crippen molar-refractivity contribution in [2.75, 3.05) is 12.5 Å². The van der Waals surface area contributed by atoms with Crippen molar-refractivity contribution in [3.05, 3.63) is 49.6 Å². The smallest absolute Gasteiger partial charge is 0.461 e. The van der Waals surface area contributed by atoms with E-state index < -0.39 is 17.4 Å². The number of carbonyl (C=O) groups is 2. The molecule has 1 aromatic heterocycles. The normalized spacial score (nSPS) is 21.9. The van der Waals surface area contributed by atoms with Gasteiger partial charge in [-0.05, 0) is 92.5 Å². The van der Waals surface area contributed by atoms with Crippen LogP contribution in [0.3, 0.4) is 0 Å². The minimum absolute atomic E-state index is 0. The van der Waals surface area contributed by atoms with Crippen LogP contribution in [0.2, 0.25) is 0 Å². The Morgan fingerprint density at radius 1 is 0.661 bits per heavy atom. The first kappa shape index (κ1) is 61.1. The van der Waals surface area contributed by atoms with Gasteiger partial charge in [0.25, 0.3) is 0 Å². The number of hydrogen-bond donors (Lipinski definition) is 0. The summed E-state index contributed by atoms with van der Waals surface area (Å²) in [6.45, 7) is 39.9. The average Bonchev–Trinajstić information content (AvgIpc) is 3.12. The molecule has 2 aliphatic rings. The molecule has 2 saturated carbocycles. The van der Waals surface area contributed by atoms with Crippen molar-refractivity contribution < 1.29 is 37.6 Å². The summed E-state index contributed by atoms with van der Waals surface area (Å²) >= 11 is 2.98. The van der Waals surface area contributed by atoms with E-state index in [9.17, 15) is 9.59 Å². The van der Waals surface area contributed by atoms with E-state index in [2.05, 4.69) is 110 Å². The summed E-state index contributed by atoms with van der Waals surface area (Å²) in [6, 6.07) is 10.3. The zero-order valence-electron chi connectivity index (χ0n) is 39.8. The predicted octanol–water partition coefficient (Wildman–Crippen LogP) is 13.4. The van der Waals surface area contributed by atoms with Crippen molar-refractivity contribution in [3.8, 4) is 0 Å². The molecule has 2 aromatic rings. The van der Waals surface area contributed by atoms with E-state index >= 15 is 0 Å². The number of aryl methyl sites for hydroxylation is 1. The maximum Gasteiger partial charge on any atom is 2.00 e. The van der Waals surface area contributed by atoms with Gasteiger partial charge in [-0.1, -0.05) is 147 Å². The van der Waals surface area contributed by atoms with Crippen molar-refractivity contribution in [2.24, 2.45) is 38.9 Å². The van der Waals surface area contributed by atoms with Gasteiger partial charge in [0.15, 0.2) is 5.41 Å². The molecule has 0 aliphatic heterocycles. The molecule has 1 radical (unpaired) electrons. The van der Waals surface area contributed by atoms with Crippen molar-refractivity contribution in [1.82, 2.24) is 15.0 Å². The van der Waals surface area contributed by atoms with Gasteiger partial charge in [0.05, 0.1) is 10.3 Å². The third kappa shape index (κ3) is 19.5. The maximum atomic E-state index is 13.1. The number of hydrogen-bond acceptors (Lipinski definition) is 9. The van der Waals surface area contributed by atoms with Gasteiger partial charge in [-0.3, -0.25) is 9.59 Å². The topological polar surface area (TPSA) is 91.3 Å². The van der Waals surface area contributed by atoms with Gasteiger partial charge in [0.2, 0.25) is 0 Å². The van der Waals surface area contributed by atoms with E-state index in [0.717, 1.165) is 36.0 Å². The number of rotatable bonds is 6. The van der Waals surface area contributed by atoms with E-state index in [1.165, 1.54) is 29.1 Å². The van der Waals surface area contributed by atoms with Gasteiger partial charge in [-0.15, -0.1) is 0 Å². The number of benzene rings is 1. The van der Waals surface area contributed by atoms with Crippen LogP contribution in [0.25, 0.3) is 0 Å². The van der Waals surface area contributed by atoms with Crippen LogP contribution < -0.4 is 0 Å². The van der Waals surface area contributed by atoms with Crippen molar-refractivity contribution in [3.63, 3.8) is 0 Å². The van der Waals surface area contributed by atoms with E-state index in [1.54, 1.807) is 13.8 Å². The molecular weight excluding hydrogens is 774 g/mol. The Morgan fingerprint density at radius 3 is 1.18 bits per heavy atom. The molecule has 0 saturated heterocycles. The summed E-state index contributed by atoms with van der Waals surface area (Å²) in [5.74, 6) is 0.111. The van der Waals surface area contributed by atoms with Crippen LogP contribution in [0.5, 0.6) is 0 Å². The largest absolute Gasteiger partial charge is 2.00 e. The third-order valence-corrected chi connectivity index (χ3v) is 12.2. The fourth-order valence-electron chi connectivity index (χ4n) is 7.12. The summed E-state index contributed by atoms with van der Waals surface area (Å²) in [5.41, 5.74) is 0.318. The molecule has 4 rings (SSSR count). The number of aromatic nitrogens is 3. The molecular formula is C46H83N3O4S2V. The van der Waals surface area contributed by atoms with Gasteiger partial charge >= 0.3 is 30.5 Å². The quantitative estimate of drug-likeness (QED) is 0.122. The third-order valence-electron chi connectivity index (χ3n) is 11.1. The standard InChI is InChI=1S/C27H48O4.C7H8.C5H6N3S2.3C2H6.CH3.V/c1-17-23(3,4)13-19(14-24(17,5)6)30-21(28)27(11,12)22(29)31-20-15-25(7,8)18(2)26(9,10)16-20;1-7-5-3-2-4-6-7;1-9-4-6-3-7-5(8-4)10-2;3*1-2;;/h17-20H,13-16H2,1-12H3;2-6H,1H3;1-2H3;3*1-2H3;1H3;/q;;-1;;;;-1;+2. The number of carbonyl (C=O) groups excluding carboxylic acids is 2. The number of nitrogens with zero attached hydrogens (tertiary/aromatic N) is 3. The van der Waals surface area contributed by atoms with Crippen LogP contribution in [-0.2, 0) is 37.6 Å². The van der Waals surface area contributed by atoms with Crippen LogP contribution in [0, 0.1) is 59.6 Å². The molecule has 0 amide bonds. The van der Waals surface area contributed by atoms with E-state index in [1.807, 2.05) is 72.3 Å². The number of ether oxygens (including phenoxy) is 2. The molecule has 1 aromatic carbocycles. The molecule has 0 unspecified atom stereocenters. The Bertz CT molecular complexity index is 1240. The zero-order chi connectivity index (χ0) is 42.7. The molecule has 0 bridgehead atoms. The Morgan fingerprint density at radius 2 is 0.946 bits per heavy atom. The second-order valence-electron chi connectivity index (χ2n) is 17.0. The fourth-order valence-corrected chi connectivity index (χ4v) is 7.80. The van der Waals surface area contributed by atoms with Crippen LogP contribution in [0.15, 0.2) is 40.6 Å². The summed E-state index contributed by atoms with van der Waals surface area (Å²) in [5, 5.41) is 1.44. The Balaban J connectivity index is -0.000000441. The second-order valence-corrected chi connectivity index (χ2v) is 18.5. The Hall–Kier alpha value is -1.55. The number of esters is 2. The molecule has 0 spiro atoms. The molecule has 0 atom stereocenters. The molecule has 1 heterocycles. The van der Waals surface area contributed by atoms with Crippen LogP contribution in [0.4, 0.5) is 0 Å². The van der Waals surface area contributed by atoms with E-state index in [0.29, 0.717) is 11.8 Å². The molecule has 2 fully saturated rings. The van der Waals surface area contributed by atoms with Crippen molar-refractivity contribution in [2.45, 2.75) is 180 Å². The second kappa shape index (κ2) is 28.0.